The standard InChI is InChI=1S/C13H16O4/c14-12(15)9-5-4-8-11(13(16)17)10-6-2-1-3-7-10/h1-3,6-7,11H,4-5,8-9H2,(H,14,15)(H,16,17). The van der Waals surface area contributed by atoms with Gasteiger partial charge in [-0.2, -0.15) is 0 Å². The second-order valence-corrected chi connectivity index (χ2v) is 3.94. The summed E-state index contributed by atoms with van der Waals surface area (Å²) in [5.74, 6) is -2.23. The number of benzene rings is 1. The van der Waals surface area contributed by atoms with Gasteiger partial charge in [0, 0.05) is 6.42 Å². The Labute approximate surface area is 99.9 Å². The predicted octanol–water partition coefficient (Wildman–Crippen LogP) is 2.50. The summed E-state index contributed by atoms with van der Waals surface area (Å²) >= 11 is 0. The molecule has 0 heterocycles. The van der Waals surface area contributed by atoms with E-state index < -0.39 is 17.9 Å². The minimum absolute atomic E-state index is 0.0983. The van der Waals surface area contributed by atoms with Gasteiger partial charge in [0.15, 0.2) is 0 Å². The summed E-state index contributed by atoms with van der Waals surface area (Å²) in [6, 6.07) is 9.03. The second kappa shape index (κ2) is 6.68. The van der Waals surface area contributed by atoms with Gasteiger partial charge in [-0.05, 0) is 18.4 Å². The highest BCUT2D eigenvalue weighted by Crippen LogP contribution is 2.22. The maximum absolute atomic E-state index is 11.1. The van der Waals surface area contributed by atoms with Crippen LogP contribution in [-0.4, -0.2) is 22.2 Å². The Hall–Kier alpha value is -1.84. The summed E-state index contributed by atoms with van der Waals surface area (Å²) in [6.45, 7) is 0. The molecule has 1 aromatic carbocycles. The van der Waals surface area contributed by atoms with E-state index in [1.807, 2.05) is 18.2 Å². The molecule has 0 aromatic heterocycles. The zero-order valence-electron chi connectivity index (χ0n) is 9.50. The summed E-state index contributed by atoms with van der Waals surface area (Å²) < 4.78 is 0. The molecule has 1 atom stereocenters. The second-order valence-electron chi connectivity index (χ2n) is 3.94. The number of aliphatic carboxylic acids is 2. The van der Waals surface area contributed by atoms with E-state index in [0.717, 1.165) is 5.56 Å². The van der Waals surface area contributed by atoms with Gasteiger partial charge in [-0.25, -0.2) is 0 Å². The van der Waals surface area contributed by atoms with Gasteiger partial charge in [0.2, 0.25) is 0 Å². The lowest BCUT2D eigenvalue weighted by Gasteiger charge is -2.11. The van der Waals surface area contributed by atoms with Crippen molar-refractivity contribution in [3.05, 3.63) is 35.9 Å². The summed E-state index contributed by atoms with van der Waals surface area (Å²) in [4.78, 5) is 21.4. The Morgan fingerprint density at radius 1 is 1.06 bits per heavy atom. The molecule has 1 aromatic rings. The summed E-state index contributed by atoms with van der Waals surface area (Å²) in [7, 11) is 0. The Morgan fingerprint density at radius 3 is 2.24 bits per heavy atom. The lowest BCUT2D eigenvalue weighted by atomic mass is 9.93. The van der Waals surface area contributed by atoms with Crippen molar-refractivity contribution >= 4 is 11.9 Å². The summed E-state index contributed by atoms with van der Waals surface area (Å²) in [6.07, 6.45) is 1.71. The quantitative estimate of drug-likeness (QED) is 0.713. The van der Waals surface area contributed by atoms with Crippen LogP contribution in [0.1, 0.15) is 37.2 Å². The molecule has 2 N–H and O–H groups in total. The number of unbranched alkanes of at least 4 members (excludes halogenated alkanes) is 1. The molecule has 0 saturated heterocycles. The molecule has 0 aliphatic carbocycles. The molecular weight excluding hydrogens is 220 g/mol. The fourth-order valence-electron chi connectivity index (χ4n) is 1.74. The van der Waals surface area contributed by atoms with Gasteiger partial charge in [0.1, 0.15) is 0 Å². The average Bonchev–Trinajstić information content (AvgIpc) is 2.29. The molecule has 0 aliphatic rings. The first-order valence-corrected chi connectivity index (χ1v) is 5.61. The topological polar surface area (TPSA) is 74.6 Å². The maximum Gasteiger partial charge on any atom is 0.310 e. The largest absolute Gasteiger partial charge is 0.481 e. The van der Waals surface area contributed by atoms with Gasteiger partial charge in [-0.1, -0.05) is 36.8 Å². The van der Waals surface area contributed by atoms with E-state index >= 15 is 0 Å². The predicted molar refractivity (Wildman–Crippen MR) is 62.9 cm³/mol. The third kappa shape index (κ3) is 4.68. The van der Waals surface area contributed by atoms with Crippen LogP contribution in [-0.2, 0) is 9.59 Å². The molecule has 0 saturated carbocycles. The van der Waals surface area contributed by atoms with Crippen molar-refractivity contribution < 1.29 is 19.8 Å². The van der Waals surface area contributed by atoms with Crippen LogP contribution in [0.5, 0.6) is 0 Å². The van der Waals surface area contributed by atoms with Crippen molar-refractivity contribution in [2.24, 2.45) is 0 Å². The van der Waals surface area contributed by atoms with E-state index in [1.54, 1.807) is 12.1 Å². The van der Waals surface area contributed by atoms with Gasteiger partial charge >= 0.3 is 11.9 Å². The van der Waals surface area contributed by atoms with Crippen LogP contribution in [0.4, 0.5) is 0 Å². The highest BCUT2D eigenvalue weighted by molar-refractivity contribution is 5.76. The molecule has 0 amide bonds. The SMILES string of the molecule is O=C(O)CCCCC(C(=O)O)c1ccccc1. The van der Waals surface area contributed by atoms with Crippen LogP contribution < -0.4 is 0 Å². The van der Waals surface area contributed by atoms with Crippen LogP contribution in [0.3, 0.4) is 0 Å². The molecular formula is C13H16O4. The molecule has 1 rings (SSSR count). The molecule has 92 valence electrons. The minimum atomic E-state index is -0.855. The van der Waals surface area contributed by atoms with Crippen molar-refractivity contribution in [3.63, 3.8) is 0 Å². The Bertz CT molecular complexity index is 372. The molecule has 4 nitrogen and oxygen atoms in total. The van der Waals surface area contributed by atoms with Crippen LogP contribution in [0.25, 0.3) is 0 Å². The fraction of sp³-hybridized carbons (Fsp3) is 0.385. The molecule has 17 heavy (non-hydrogen) atoms. The first-order chi connectivity index (χ1) is 8.11. The first-order valence-electron chi connectivity index (χ1n) is 5.61. The van der Waals surface area contributed by atoms with E-state index in [4.69, 9.17) is 10.2 Å². The van der Waals surface area contributed by atoms with Gasteiger partial charge in [-0.15, -0.1) is 0 Å². The third-order valence-electron chi connectivity index (χ3n) is 2.63. The minimum Gasteiger partial charge on any atom is -0.481 e. The number of rotatable bonds is 7. The van der Waals surface area contributed by atoms with Gasteiger partial charge in [0.05, 0.1) is 5.92 Å². The van der Waals surface area contributed by atoms with Gasteiger partial charge < -0.3 is 10.2 Å². The molecule has 0 radical (unpaired) electrons. The number of carboxylic acid groups (broad SMARTS) is 2. The Balaban J connectivity index is 2.51. The maximum atomic E-state index is 11.1. The summed E-state index contributed by atoms with van der Waals surface area (Å²) in [5, 5.41) is 17.6. The van der Waals surface area contributed by atoms with Crippen molar-refractivity contribution in [1.82, 2.24) is 0 Å². The van der Waals surface area contributed by atoms with E-state index in [2.05, 4.69) is 0 Å². The zero-order chi connectivity index (χ0) is 12.7. The summed E-state index contributed by atoms with van der Waals surface area (Å²) in [5.41, 5.74) is 0.773. The van der Waals surface area contributed by atoms with Crippen molar-refractivity contribution in [1.29, 1.82) is 0 Å². The van der Waals surface area contributed by atoms with Crippen LogP contribution in [0.15, 0.2) is 30.3 Å². The molecule has 0 fully saturated rings. The van der Waals surface area contributed by atoms with E-state index in [0.29, 0.717) is 19.3 Å². The normalized spacial score (nSPS) is 12.0. The monoisotopic (exact) mass is 236 g/mol. The fourth-order valence-corrected chi connectivity index (χ4v) is 1.74. The highest BCUT2D eigenvalue weighted by Gasteiger charge is 2.18. The average molecular weight is 236 g/mol. The lowest BCUT2D eigenvalue weighted by molar-refractivity contribution is -0.139. The number of hydrogen-bond donors (Lipinski definition) is 2. The Morgan fingerprint density at radius 2 is 1.71 bits per heavy atom. The third-order valence-corrected chi connectivity index (χ3v) is 2.63. The molecule has 0 spiro atoms. The number of hydrogen-bond acceptors (Lipinski definition) is 2. The van der Waals surface area contributed by atoms with Crippen LogP contribution in [0, 0.1) is 0 Å². The van der Waals surface area contributed by atoms with Crippen molar-refractivity contribution in [2.75, 3.05) is 0 Å². The molecule has 4 heteroatoms. The number of carboxylic acids is 2. The first kappa shape index (κ1) is 13.2. The molecule has 0 aliphatic heterocycles. The van der Waals surface area contributed by atoms with Gasteiger partial charge in [0.25, 0.3) is 0 Å². The lowest BCUT2D eigenvalue weighted by Crippen LogP contribution is -2.11. The van der Waals surface area contributed by atoms with E-state index in [9.17, 15) is 9.59 Å². The van der Waals surface area contributed by atoms with E-state index in [1.165, 1.54) is 0 Å². The van der Waals surface area contributed by atoms with E-state index in [-0.39, 0.29) is 6.42 Å². The zero-order valence-corrected chi connectivity index (χ0v) is 9.50. The highest BCUT2D eigenvalue weighted by atomic mass is 16.4. The van der Waals surface area contributed by atoms with Crippen molar-refractivity contribution in [2.45, 2.75) is 31.6 Å². The smallest absolute Gasteiger partial charge is 0.310 e. The van der Waals surface area contributed by atoms with Crippen LogP contribution in [0.2, 0.25) is 0 Å². The van der Waals surface area contributed by atoms with Crippen LogP contribution >= 0.6 is 0 Å². The number of carbonyl (C=O) groups is 2. The van der Waals surface area contributed by atoms with Gasteiger partial charge in [-0.3, -0.25) is 9.59 Å². The Kier molecular flexibility index (Phi) is 5.20. The van der Waals surface area contributed by atoms with Crippen molar-refractivity contribution in [3.8, 4) is 0 Å². The molecule has 0 bridgehead atoms. The molecule has 1 unspecified atom stereocenters.